The zero-order valence-electron chi connectivity index (χ0n) is 14.1. The monoisotopic (exact) mass is 333 g/mol. The van der Waals surface area contributed by atoms with Gasteiger partial charge < -0.3 is 9.64 Å². The Morgan fingerprint density at radius 2 is 2.08 bits per heavy atom. The maximum atomic E-state index is 13.1. The van der Waals surface area contributed by atoms with Gasteiger partial charge in [-0.25, -0.2) is 4.98 Å². The van der Waals surface area contributed by atoms with E-state index in [1.807, 2.05) is 47.4 Å². The third-order valence-corrected chi connectivity index (χ3v) is 4.44. The van der Waals surface area contributed by atoms with Gasteiger partial charge in [-0.3, -0.25) is 9.78 Å². The summed E-state index contributed by atoms with van der Waals surface area (Å²) in [7, 11) is 1.58. The molecule has 3 aromatic rings. The van der Waals surface area contributed by atoms with Crippen LogP contribution in [0.25, 0.3) is 10.8 Å². The summed E-state index contributed by atoms with van der Waals surface area (Å²) in [6.07, 6.45) is 5.62. The fourth-order valence-corrected chi connectivity index (χ4v) is 3.02. The van der Waals surface area contributed by atoms with Gasteiger partial charge in [0.2, 0.25) is 5.88 Å². The van der Waals surface area contributed by atoms with Crippen molar-refractivity contribution < 1.29 is 9.53 Å². The fraction of sp³-hybridized carbons (Fsp3) is 0.250. The number of methoxy groups -OCH3 is 1. The maximum absolute atomic E-state index is 13.1. The second-order valence-corrected chi connectivity index (χ2v) is 6.26. The minimum Gasteiger partial charge on any atom is -0.481 e. The van der Waals surface area contributed by atoms with Crippen LogP contribution in [0.4, 0.5) is 0 Å². The number of carbonyl (C=O) groups excluding carboxylic acids is 1. The zero-order valence-corrected chi connectivity index (χ0v) is 14.1. The summed E-state index contributed by atoms with van der Waals surface area (Å²) in [5.74, 6) is 0.425. The molecule has 0 spiro atoms. The predicted octanol–water partition coefficient (Wildman–Crippen LogP) is 3.44. The lowest BCUT2D eigenvalue weighted by Crippen LogP contribution is -2.33. The number of pyridine rings is 2. The van der Waals surface area contributed by atoms with E-state index in [9.17, 15) is 4.79 Å². The Bertz CT molecular complexity index is 907. The Kier molecular flexibility index (Phi) is 4.06. The van der Waals surface area contributed by atoms with Crippen LogP contribution in [0.2, 0.25) is 0 Å². The quantitative estimate of drug-likeness (QED) is 0.718. The van der Waals surface area contributed by atoms with Crippen molar-refractivity contribution in [1.82, 2.24) is 14.9 Å². The molecule has 0 radical (unpaired) electrons. The summed E-state index contributed by atoms with van der Waals surface area (Å²) in [5, 5.41) is 1.86. The molecule has 5 heteroatoms. The van der Waals surface area contributed by atoms with Gasteiger partial charge >= 0.3 is 0 Å². The molecule has 1 saturated carbocycles. The Morgan fingerprint density at radius 3 is 2.80 bits per heavy atom. The number of hydrogen-bond donors (Lipinski definition) is 0. The summed E-state index contributed by atoms with van der Waals surface area (Å²) in [6, 6.07) is 13.8. The van der Waals surface area contributed by atoms with Crippen molar-refractivity contribution in [2.75, 3.05) is 7.11 Å². The number of rotatable bonds is 5. The molecule has 1 aliphatic rings. The molecule has 25 heavy (non-hydrogen) atoms. The molecule has 0 N–H and O–H groups in total. The second-order valence-electron chi connectivity index (χ2n) is 6.26. The van der Waals surface area contributed by atoms with Crippen molar-refractivity contribution in [3.05, 3.63) is 66.1 Å². The first-order chi connectivity index (χ1) is 12.3. The lowest BCUT2D eigenvalue weighted by molar-refractivity contribution is 0.0723. The van der Waals surface area contributed by atoms with Crippen molar-refractivity contribution >= 4 is 16.7 Å². The Labute approximate surface area is 146 Å². The molecular weight excluding hydrogens is 314 g/mol. The lowest BCUT2D eigenvalue weighted by atomic mass is 10.1. The lowest BCUT2D eigenvalue weighted by Gasteiger charge is -2.22. The molecule has 1 fully saturated rings. The molecule has 0 unspecified atom stereocenters. The van der Waals surface area contributed by atoms with Crippen molar-refractivity contribution in [3.8, 4) is 5.88 Å². The highest BCUT2D eigenvalue weighted by atomic mass is 16.5. The SMILES string of the molecule is COc1nc(C(=O)N(Cc2cccnc2)C2CC2)cc2ccccc12. The van der Waals surface area contributed by atoms with E-state index in [1.165, 1.54) is 0 Å². The number of benzene rings is 1. The summed E-state index contributed by atoms with van der Waals surface area (Å²) < 4.78 is 5.40. The summed E-state index contributed by atoms with van der Waals surface area (Å²) in [5.41, 5.74) is 1.45. The highest BCUT2D eigenvalue weighted by Crippen LogP contribution is 2.31. The van der Waals surface area contributed by atoms with Crippen LogP contribution < -0.4 is 4.74 Å². The van der Waals surface area contributed by atoms with Crippen LogP contribution in [0.3, 0.4) is 0 Å². The van der Waals surface area contributed by atoms with Crippen molar-refractivity contribution in [2.45, 2.75) is 25.4 Å². The number of hydrogen-bond acceptors (Lipinski definition) is 4. The van der Waals surface area contributed by atoms with Gasteiger partial charge in [0.05, 0.1) is 7.11 Å². The number of carbonyl (C=O) groups is 1. The molecule has 1 aromatic carbocycles. The normalized spacial score (nSPS) is 13.6. The van der Waals surface area contributed by atoms with E-state index >= 15 is 0 Å². The molecule has 0 aliphatic heterocycles. The smallest absolute Gasteiger partial charge is 0.273 e. The minimum atomic E-state index is -0.0598. The molecule has 126 valence electrons. The number of amides is 1. The van der Waals surface area contributed by atoms with Gasteiger partial charge in [0.25, 0.3) is 5.91 Å². The maximum Gasteiger partial charge on any atom is 0.273 e. The molecule has 1 aliphatic carbocycles. The molecule has 0 bridgehead atoms. The highest BCUT2D eigenvalue weighted by molar-refractivity contribution is 5.98. The van der Waals surface area contributed by atoms with Crippen LogP contribution in [0.15, 0.2) is 54.9 Å². The van der Waals surface area contributed by atoms with E-state index in [2.05, 4.69) is 9.97 Å². The van der Waals surface area contributed by atoms with Crippen molar-refractivity contribution in [2.24, 2.45) is 0 Å². The molecule has 4 rings (SSSR count). The van der Waals surface area contributed by atoms with Gasteiger partial charge in [-0.1, -0.05) is 24.3 Å². The van der Waals surface area contributed by atoms with Gasteiger partial charge in [0.1, 0.15) is 5.69 Å². The van der Waals surface area contributed by atoms with E-state index in [1.54, 1.807) is 19.5 Å². The van der Waals surface area contributed by atoms with Gasteiger partial charge in [0.15, 0.2) is 0 Å². The Morgan fingerprint density at radius 1 is 1.24 bits per heavy atom. The van der Waals surface area contributed by atoms with Gasteiger partial charge in [0, 0.05) is 30.4 Å². The summed E-state index contributed by atoms with van der Waals surface area (Å²) in [4.78, 5) is 23.6. The third kappa shape index (κ3) is 3.18. The van der Waals surface area contributed by atoms with E-state index in [0.29, 0.717) is 18.1 Å². The average Bonchev–Trinajstić information content (AvgIpc) is 3.50. The molecule has 5 nitrogen and oxygen atoms in total. The van der Waals surface area contributed by atoms with Crippen LogP contribution in [-0.4, -0.2) is 33.9 Å². The van der Waals surface area contributed by atoms with Crippen LogP contribution >= 0.6 is 0 Å². The topological polar surface area (TPSA) is 55.3 Å². The first-order valence-corrected chi connectivity index (χ1v) is 8.40. The van der Waals surface area contributed by atoms with E-state index in [-0.39, 0.29) is 11.9 Å². The summed E-state index contributed by atoms with van der Waals surface area (Å²) >= 11 is 0. The largest absolute Gasteiger partial charge is 0.481 e. The van der Waals surface area contributed by atoms with Crippen LogP contribution in [0.1, 0.15) is 28.9 Å². The number of fused-ring (bicyclic) bond motifs is 1. The molecule has 1 amide bonds. The first kappa shape index (κ1) is 15.6. The zero-order chi connectivity index (χ0) is 17.2. The molecule has 2 heterocycles. The van der Waals surface area contributed by atoms with E-state index in [4.69, 9.17) is 4.74 Å². The summed E-state index contributed by atoms with van der Waals surface area (Å²) in [6.45, 7) is 0.550. The minimum absolute atomic E-state index is 0.0598. The average molecular weight is 333 g/mol. The number of nitrogens with zero attached hydrogens (tertiary/aromatic N) is 3. The van der Waals surface area contributed by atoms with E-state index < -0.39 is 0 Å². The highest BCUT2D eigenvalue weighted by Gasteiger charge is 2.34. The Hall–Kier alpha value is -2.95. The van der Waals surface area contributed by atoms with Gasteiger partial charge in [-0.05, 0) is 42.0 Å². The van der Waals surface area contributed by atoms with Crippen molar-refractivity contribution in [1.29, 1.82) is 0 Å². The molecule has 2 aromatic heterocycles. The molecular formula is C20H19N3O2. The van der Waals surface area contributed by atoms with Crippen LogP contribution in [-0.2, 0) is 6.54 Å². The molecule has 0 atom stereocenters. The standard InChI is InChI=1S/C20H19N3O2/c1-25-19-17-7-3-2-6-15(17)11-18(22-19)20(24)23(16-8-9-16)13-14-5-4-10-21-12-14/h2-7,10-12,16H,8-9,13H2,1H3. The predicted molar refractivity (Wildman–Crippen MR) is 95.4 cm³/mol. The van der Waals surface area contributed by atoms with Gasteiger partial charge in [-0.15, -0.1) is 0 Å². The third-order valence-electron chi connectivity index (χ3n) is 4.44. The van der Waals surface area contributed by atoms with Crippen LogP contribution in [0.5, 0.6) is 5.88 Å². The number of aromatic nitrogens is 2. The second kappa shape index (κ2) is 6.51. The first-order valence-electron chi connectivity index (χ1n) is 8.40. The van der Waals surface area contributed by atoms with Gasteiger partial charge in [-0.2, -0.15) is 0 Å². The number of ether oxygens (including phenoxy) is 1. The molecule has 0 saturated heterocycles. The van der Waals surface area contributed by atoms with Crippen LogP contribution in [0, 0.1) is 0 Å². The fourth-order valence-electron chi connectivity index (χ4n) is 3.02. The van der Waals surface area contributed by atoms with Crippen molar-refractivity contribution in [3.63, 3.8) is 0 Å². The van der Waals surface area contributed by atoms with E-state index in [0.717, 1.165) is 29.2 Å². The Balaban J connectivity index is 1.69.